The Morgan fingerprint density at radius 2 is 1.50 bits per heavy atom. The van der Waals surface area contributed by atoms with Crippen molar-refractivity contribution in [2.24, 2.45) is 17.8 Å². The predicted molar refractivity (Wildman–Crippen MR) is 348 cm³/mol. The Labute approximate surface area is 564 Å². The Hall–Kier alpha value is -4.86. The van der Waals surface area contributed by atoms with Crippen molar-refractivity contribution in [1.82, 2.24) is 41.0 Å². The van der Waals surface area contributed by atoms with Crippen molar-refractivity contribution in [3.05, 3.63) is 42.3 Å². The predicted octanol–water partition coefficient (Wildman–Crippen LogP) is 3.31. The van der Waals surface area contributed by atoms with E-state index in [4.69, 9.17) is 42.6 Å². The van der Waals surface area contributed by atoms with E-state index in [1.54, 1.807) is 7.11 Å². The molecule has 12 saturated heterocycles. The number of ether oxygens (including phenoxy) is 9. The Morgan fingerprint density at radius 3 is 2.24 bits per heavy atom. The van der Waals surface area contributed by atoms with Gasteiger partial charge in [0.1, 0.15) is 47.9 Å². The lowest BCUT2D eigenvalue weighted by molar-refractivity contribution is -0.292. The van der Waals surface area contributed by atoms with Gasteiger partial charge in [-0.15, -0.1) is 0 Å². The number of fused-ring (bicyclic) bond motifs is 6. The third kappa shape index (κ3) is 16.1. The van der Waals surface area contributed by atoms with Crippen molar-refractivity contribution in [1.29, 1.82) is 0 Å². The molecule has 2 unspecified atom stereocenters. The van der Waals surface area contributed by atoms with Gasteiger partial charge in [-0.05, 0) is 120 Å². The molecular weight excluding hydrogens is 1260 g/mol. The van der Waals surface area contributed by atoms with Gasteiger partial charge in [-0.2, -0.15) is 0 Å². The number of hydrogen-bond acceptors (Lipinski definition) is 21. The standard InChI is InChI=1S/C70H102N8O17S/c1-39(2)59(75-57(81)13-11-9-10-12-43-35-73-68(74-36-43)96(8,85)86)66(83)76-69(22-26-78(27-23-69)44-19-24-77(6)25-20-44)67(84)72-38-58(82)71-37-46(80)32-55-60(87-7)50-31-45(79)30-48-15-17-52-61(90-48)65-64-63(92-52)62-56(93-64)34-70(94-62,95-65)21-18-49-29-41(4)51(88-49)16-14-47-28-40(3)42(5)53(89-47)33-54(50)91-55/h35-36,39-40,44,46-56,59-65,80H,4-5,9,11,13-34,37-38H2,1-3,6-8H3,(H,71,82)(H,72,84)(H,75,81)(H,76,83)/t40-,46+,47+,48-,49+,50+,51?,52+,53-,54+,55-,56?,59+,60-,61+,62+,63+,64-,65+,70+/m1/s1. The van der Waals surface area contributed by atoms with E-state index in [0.29, 0.717) is 69.6 Å². The lowest BCUT2D eigenvalue weighted by Gasteiger charge is -2.47. The van der Waals surface area contributed by atoms with E-state index in [1.165, 1.54) is 12.4 Å². The van der Waals surface area contributed by atoms with Gasteiger partial charge in [0.05, 0.1) is 79.3 Å². The Bertz CT molecular complexity index is 3190. The molecule has 12 fully saturated rings. The number of amides is 4. The number of carbonyl (C=O) groups is 5. The monoisotopic (exact) mass is 1360 g/mol. The van der Waals surface area contributed by atoms with Gasteiger partial charge < -0.3 is 78.8 Å². The zero-order valence-electron chi connectivity index (χ0n) is 56.8. The van der Waals surface area contributed by atoms with Crippen molar-refractivity contribution in [3.63, 3.8) is 0 Å². The average molecular weight is 1360 g/mol. The van der Waals surface area contributed by atoms with Gasteiger partial charge in [0.25, 0.3) is 0 Å². The third-order valence-corrected chi connectivity index (χ3v) is 23.3. The van der Waals surface area contributed by atoms with E-state index in [1.807, 2.05) is 13.8 Å². The van der Waals surface area contributed by atoms with E-state index in [2.05, 4.69) is 80.0 Å². The van der Waals surface area contributed by atoms with Gasteiger partial charge in [0.15, 0.2) is 5.79 Å². The highest BCUT2D eigenvalue weighted by molar-refractivity contribution is 7.90. The molecule has 26 heteroatoms. The van der Waals surface area contributed by atoms with Crippen LogP contribution >= 0.6 is 0 Å². The summed E-state index contributed by atoms with van der Waals surface area (Å²) in [5, 5.41) is 23.0. The van der Waals surface area contributed by atoms with Crippen LogP contribution in [0.2, 0.25) is 0 Å². The first-order valence-corrected chi connectivity index (χ1v) is 37.3. The SMILES string of the molecule is C=C1C[C@@H]2CC[C@@]34CC5O[C@H]6[C@@H](O3)[C@H]3O[C@H](CC[C@@H]3O[C@H]6[C@H]5O4)CC(=O)C[C@@H]3[C@@H](OC)[C@@H](C[C@H](O)CNC(=O)CNC(=O)C4(NC(=O)[C@@H](NC(=O)CCCC#Cc5cnc(S(C)(=O)=O)nc5)C(C)C)CCN(C5CCN(C)CC5)CC4)O[C@H]3C[C@H]3O[C@@H](CCC1O2)C[C@@H](C)C3=C. The molecule has 20 atom stereocenters. The third-order valence-electron chi connectivity index (χ3n) is 22.5. The maximum atomic E-state index is 14.6. The van der Waals surface area contributed by atoms with Crippen LogP contribution in [0.15, 0.2) is 41.9 Å². The van der Waals surface area contributed by atoms with Crippen LogP contribution in [0, 0.1) is 29.6 Å². The quantitative estimate of drug-likeness (QED) is 0.0647. The number of ketones is 1. The van der Waals surface area contributed by atoms with Gasteiger partial charge in [-0.1, -0.05) is 45.8 Å². The number of carbonyl (C=O) groups excluding carboxylic acids is 5. The summed E-state index contributed by atoms with van der Waals surface area (Å²) in [5.74, 6) is 2.37. The molecule has 25 nitrogen and oxygen atoms in total. The van der Waals surface area contributed by atoms with Crippen molar-refractivity contribution < 1.29 is 80.1 Å². The van der Waals surface area contributed by atoms with Crippen molar-refractivity contribution >= 4 is 39.2 Å². The number of sulfone groups is 1. The number of methoxy groups -OCH3 is 1. The summed E-state index contributed by atoms with van der Waals surface area (Å²) >= 11 is 0. The molecule has 0 saturated carbocycles. The van der Waals surface area contributed by atoms with Crippen molar-refractivity contribution in [2.75, 3.05) is 59.7 Å². The average Bonchev–Trinajstić information content (AvgIpc) is 1.54. The second kappa shape index (κ2) is 30.1. The number of likely N-dealkylation sites (tertiary alicyclic amines) is 2. The maximum Gasteiger partial charge on any atom is 0.246 e. The molecule has 5 N–H and O–H groups in total. The molecule has 12 bridgehead atoms. The van der Waals surface area contributed by atoms with E-state index in [9.17, 15) is 37.5 Å². The molecule has 0 aliphatic carbocycles. The number of aromatic nitrogens is 2. The molecule has 13 heterocycles. The number of aliphatic hydroxyl groups is 1. The Kier molecular flexibility index (Phi) is 22.3. The molecule has 0 aromatic carbocycles. The lowest BCUT2D eigenvalue weighted by Crippen LogP contribution is -2.67. The maximum absolute atomic E-state index is 14.6. The van der Waals surface area contributed by atoms with Crippen LogP contribution in [0.25, 0.3) is 0 Å². The summed E-state index contributed by atoms with van der Waals surface area (Å²) in [5.41, 5.74) is 1.07. The minimum Gasteiger partial charge on any atom is -0.391 e. The number of unbranched alkanes of at least 4 members (excludes halogenated alkanes) is 1. The molecule has 0 radical (unpaired) electrons. The summed E-state index contributed by atoms with van der Waals surface area (Å²) in [7, 11) is 0.141. The van der Waals surface area contributed by atoms with Gasteiger partial charge in [-0.25, -0.2) is 18.4 Å². The smallest absolute Gasteiger partial charge is 0.246 e. The lowest BCUT2D eigenvalue weighted by atomic mass is 9.81. The van der Waals surface area contributed by atoms with E-state index in [-0.39, 0.29) is 135 Å². The molecule has 12 aliphatic rings. The molecule has 1 aromatic rings. The Balaban J connectivity index is 0.677. The normalized spacial score (nSPS) is 37.0. The number of hydrogen-bond donors (Lipinski definition) is 5. The van der Waals surface area contributed by atoms with Gasteiger partial charge >= 0.3 is 0 Å². The summed E-state index contributed by atoms with van der Waals surface area (Å²) in [6.07, 6.45) is 8.16. The highest BCUT2D eigenvalue weighted by atomic mass is 32.2. The van der Waals surface area contributed by atoms with E-state index < -0.39 is 94.0 Å². The number of nitrogens with one attached hydrogen (secondary N) is 4. The second-order valence-electron chi connectivity index (χ2n) is 29.8. The highest BCUT2D eigenvalue weighted by Gasteiger charge is 2.69. The minimum absolute atomic E-state index is 0.00375. The minimum atomic E-state index is -3.56. The fraction of sp³-hybridized carbons (Fsp3) is 0.786. The van der Waals surface area contributed by atoms with Crippen LogP contribution in [-0.4, -0.2) is 243 Å². The van der Waals surface area contributed by atoms with E-state index >= 15 is 0 Å². The number of aliphatic hydroxyl groups excluding tert-OH is 1. The zero-order chi connectivity index (χ0) is 67.8. The number of nitrogens with zero attached hydrogens (tertiary/aromatic N) is 4. The summed E-state index contributed by atoms with van der Waals surface area (Å²) < 4.78 is 84.6. The van der Waals surface area contributed by atoms with Crippen molar-refractivity contribution in [2.45, 2.75) is 275 Å². The first kappa shape index (κ1) is 71.0. The fourth-order valence-electron chi connectivity index (χ4n) is 17.1. The summed E-state index contributed by atoms with van der Waals surface area (Å²) in [6.45, 7) is 17.2. The molecule has 4 amide bonds. The molecule has 12 aliphatic heterocycles. The molecule has 1 aromatic heterocycles. The molecule has 13 rings (SSSR count). The first-order chi connectivity index (χ1) is 45.9. The number of Topliss-reactive ketones (excluding diaryl/α,β-unsaturated/α-hetero) is 1. The van der Waals surface area contributed by atoms with Gasteiger partial charge in [0, 0.05) is 109 Å². The van der Waals surface area contributed by atoms with Crippen LogP contribution in [0.1, 0.15) is 155 Å². The van der Waals surface area contributed by atoms with Gasteiger partial charge in [0.2, 0.25) is 38.6 Å². The van der Waals surface area contributed by atoms with Crippen LogP contribution in [0.3, 0.4) is 0 Å². The number of piperidine rings is 2. The molecular formula is C70H102N8O17S. The van der Waals surface area contributed by atoms with Crippen LogP contribution in [0.5, 0.6) is 0 Å². The first-order valence-electron chi connectivity index (χ1n) is 35.4. The number of rotatable bonds is 17. The highest BCUT2D eigenvalue weighted by Crippen LogP contribution is 2.55. The Morgan fingerprint density at radius 1 is 0.792 bits per heavy atom. The summed E-state index contributed by atoms with van der Waals surface area (Å²) in [6, 6.07) is -0.653. The topological polar surface area (TPSA) is 303 Å². The largest absolute Gasteiger partial charge is 0.391 e. The van der Waals surface area contributed by atoms with Gasteiger partial charge in [-0.3, -0.25) is 24.0 Å². The fourth-order valence-corrected chi connectivity index (χ4v) is 17.6. The van der Waals surface area contributed by atoms with Crippen molar-refractivity contribution in [3.8, 4) is 11.8 Å². The second-order valence-corrected chi connectivity index (χ2v) is 31.7. The molecule has 530 valence electrons. The molecule has 96 heavy (non-hydrogen) atoms. The summed E-state index contributed by atoms with van der Waals surface area (Å²) in [4.78, 5) is 83.1. The zero-order valence-corrected chi connectivity index (χ0v) is 57.6. The van der Waals surface area contributed by atoms with E-state index in [0.717, 1.165) is 75.4 Å². The van der Waals surface area contributed by atoms with Crippen LogP contribution in [-0.2, 0) is 76.4 Å². The van der Waals surface area contributed by atoms with Crippen LogP contribution < -0.4 is 21.3 Å². The van der Waals surface area contributed by atoms with Crippen LogP contribution in [0.4, 0.5) is 0 Å². The molecule has 1 spiro atoms.